The Labute approximate surface area is 188 Å². The molecule has 8 heteroatoms. The first kappa shape index (κ1) is 23.0. The summed E-state index contributed by atoms with van der Waals surface area (Å²) in [4.78, 5) is 31.0. The van der Waals surface area contributed by atoms with Gasteiger partial charge < -0.3 is 15.0 Å². The van der Waals surface area contributed by atoms with Crippen molar-refractivity contribution in [3.8, 4) is 5.82 Å². The van der Waals surface area contributed by atoms with E-state index in [1.165, 1.54) is 11.1 Å². The van der Waals surface area contributed by atoms with Crippen molar-refractivity contribution in [1.29, 1.82) is 0 Å². The highest BCUT2D eigenvalue weighted by atomic mass is 16.6. The molecule has 0 spiro atoms. The number of nitrogens with one attached hydrogen (secondary N) is 1. The van der Waals surface area contributed by atoms with Crippen LogP contribution in [0.1, 0.15) is 48.1 Å². The molecule has 0 radical (unpaired) electrons. The number of para-hydroxylation sites is 1. The minimum absolute atomic E-state index is 0.287. The normalized spacial score (nSPS) is 11.2. The van der Waals surface area contributed by atoms with E-state index in [4.69, 9.17) is 4.74 Å². The number of pyridine rings is 1. The third kappa shape index (κ3) is 5.72. The maximum absolute atomic E-state index is 12.8. The predicted octanol–water partition coefficient (Wildman–Crippen LogP) is 4.50. The molecule has 3 rings (SSSR count). The molecule has 0 fully saturated rings. The highest BCUT2D eigenvalue weighted by Crippen LogP contribution is 2.19. The number of nitrogens with zero attached hydrogens (tertiary/aromatic N) is 4. The third-order valence-electron chi connectivity index (χ3n) is 4.61. The van der Waals surface area contributed by atoms with Crippen LogP contribution in [0.2, 0.25) is 0 Å². The summed E-state index contributed by atoms with van der Waals surface area (Å²) < 4.78 is 7.14. The molecule has 2 aromatic heterocycles. The number of rotatable bonds is 5. The maximum atomic E-state index is 12.8. The van der Waals surface area contributed by atoms with Gasteiger partial charge in [0.25, 0.3) is 5.91 Å². The van der Waals surface area contributed by atoms with E-state index in [1.807, 2.05) is 58.9 Å². The summed E-state index contributed by atoms with van der Waals surface area (Å²) in [5.74, 6) is 0.358. The molecule has 1 aromatic carbocycles. The highest BCUT2D eigenvalue weighted by Gasteiger charge is 2.20. The average molecular weight is 436 g/mol. The molecular formula is C24H29N5O3. The van der Waals surface area contributed by atoms with Crippen LogP contribution in [0.15, 0.2) is 48.7 Å². The minimum atomic E-state index is -0.578. The van der Waals surface area contributed by atoms with Gasteiger partial charge in [0.2, 0.25) is 0 Å². The Morgan fingerprint density at radius 1 is 1.12 bits per heavy atom. The molecule has 0 aliphatic carbocycles. The second kappa shape index (κ2) is 9.21. The SMILES string of the molecule is Cc1cc(C)n(-c2ccc(C(=O)Nc3ccccc3CN(C)C(=O)OC(C)(C)C)cn2)n1. The zero-order valence-electron chi connectivity index (χ0n) is 19.3. The van der Waals surface area contributed by atoms with E-state index in [0.717, 1.165) is 17.0 Å². The lowest BCUT2D eigenvalue weighted by atomic mass is 10.1. The van der Waals surface area contributed by atoms with Gasteiger partial charge >= 0.3 is 6.09 Å². The van der Waals surface area contributed by atoms with Crippen molar-refractivity contribution in [3.63, 3.8) is 0 Å². The monoisotopic (exact) mass is 435 g/mol. The average Bonchev–Trinajstić information content (AvgIpc) is 3.06. The van der Waals surface area contributed by atoms with E-state index < -0.39 is 11.7 Å². The van der Waals surface area contributed by atoms with Gasteiger partial charge in [-0.25, -0.2) is 14.5 Å². The number of carbonyl (C=O) groups excluding carboxylic acids is 2. The fourth-order valence-electron chi connectivity index (χ4n) is 3.14. The number of benzene rings is 1. The zero-order chi connectivity index (χ0) is 23.5. The van der Waals surface area contributed by atoms with Crippen molar-refractivity contribution in [3.05, 3.63) is 71.2 Å². The fourth-order valence-corrected chi connectivity index (χ4v) is 3.14. The summed E-state index contributed by atoms with van der Waals surface area (Å²) >= 11 is 0. The molecule has 3 aromatic rings. The maximum Gasteiger partial charge on any atom is 0.410 e. The molecule has 168 valence electrons. The van der Waals surface area contributed by atoms with Crippen LogP contribution in [-0.4, -0.2) is 44.3 Å². The summed E-state index contributed by atoms with van der Waals surface area (Å²) in [6.07, 6.45) is 1.10. The van der Waals surface area contributed by atoms with Crippen LogP contribution in [0.3, 0.4) is 0 Å². The molecule has 2 heterocycles. The number of aromatic nitrogens is 3. The van der Waals surface area contributed by atoms with Crippen LogP contribution in [0.25, 0.3) is 5.82 Å². The predicted molar refractivity (Wildman–Crippen MR) is 123 cm³/mol. The van der Waals surface area contributed by atoms with Gasteiger partial charge in [0.05, 0.1) is 17.8 Å². The lowest BCUT2D eigenvalue weighted by Gasteiger charge is -2.25. The molecule has 0 atom stereocenters. The molecular weight excluding hydrogens is 406 g/mol. The van der Waals surface area contributed by atoms with Crippen LogP contribution in [0.4, 0.5) is 10.5 Å². The number of amides is 2. The van der Waals surface area contributed by atoms with E-state index in [9.17, 15) is 9.59 Å². The van der Waals surface area contributed by atoms with Crippen molar-refractivity contribution in [2.45, 2.75) is 46.8 Å². The Hall–Kier alpha value is -3.68. The Kier molecular flexibility index (Phi) is 6.62. The first-order chi connectivity index (χ1) is 15.0. The minimum Gasteiger partial charge on any atom is -0.444 e. The molecule has 2 amide bonds. The van der Waals surface area contributed by atoms with Gasteiger partial charge in [-0.15, -0.1) is 0 Å². The summed E-state index contributed by atoms with van der Waals surface area (Å²) in [7, 11) is 1.66. The van der Waals surface area contributed by atoms with Gasteiger partial charge in [-0.2, -0.15) is 5.10 Å². The van der Waals surface area contributed by atoms with Crippen molar-refractivity contribution >= 4 is 17.7 Å². The second-order valence-corrected chi connectivity index (χ2v) is 8.69. The topological polar surface area (TPSA) is 89.4 Å². The molecule has 0 unspecified atom stereocenters. The van der Waals surface area contributed by atoms with Crippen molar-refractivity contribution in [2.24, 2.45) is 0 Å². The van der Waals surface area contributed by atoms with E-state index >= 15 is 0 Å². The molecule has 0 aliphatic rings. The smallest absolute Gasteiger partial charge is 0.410 e. The standard InChI is InChI=1S/C24H29N5O3/c1-16-13-17(2)29(27-16)21-12-11-18(14-25-21)22(30)26-20-10-8-7-9-19(20)15-28(6)23(31)32-24(3,4)5/h7-14H,15H2,1-6H3,(H,26,30). The van der Waals surface area contributed by atoms with Crippen molar-refractivity contribution in [2.75, 3.05) is 12.4 Å². The first-order valence-electron chi connectivity index (χ1n) is 10.4. The quantitative estimate of drug-likeness (QED) is 0.637. The van der Waals surface area contributed by atoms with Crippen LogP contribution in [0, 0.1) is 13.8 Å². The van der Waals surface area contributed by atoms with E-state index in [0.29, 0.717) is 23.6 Å². The van der Waals surface area contributed by atoms with Gasteiger partial charge in [-0.05, 0) is 64.4 Å². The van der Waals surface area contributed by atoms with Crippen molar-refractivity contribution < 1.29 is 14.3 Å². The number of hydrogen-bond donors (Lipinski definition) is 1. The summed E-state index contributed by atoms with van der Waals surface area (Å²) in [6.45, 7) is 9.63. The summed E-state index contributed by atoms with van der Waals surface area (Å²) in [5, 5.41) is 7.32. The number of ether oxygens (including phenoxy) is 1. The molecule has 1 N–H and O–H groups in total. The largest absolute Gasteiger partial charge is 0.444 e. The van der Waals surface area contributed by atoms with Gasteiger partial charge in [-0.3, -0.25) is 4.79 Å². The van der Waals surface area contributed by atoms with Crippen LogP contribution >= 0.6 is 0 Å². The molecule has 0 bridgehead atoms. The zero-order valence-corrected chi connectivity index (χ0v) is 19.3. The second-order valence-electron chi connectivity index (χ2n) is 8.69. The number of carbonyl (C=O) groups is 2. The number of hydrogen-bond acceptors (Lipinski definition) is 5. The number of aryl methyl sites for hydroxylation is 2. The van der Waals surface area contributed by atoms with E-state index in [-0.39, 0.29) is 5.91 Å². The Bertz CT molecular complexity index is 1110. The molecule has 32 heavy (non-hydrogen) atoms. The molecule has 0 saturated carbocycles. The Balaban J connectivity index is 1.72. The van der Waals surface area contributed by atoms with E-state index in [1.54, 1.807) is 29.9 Å². The summed E-state index contributed by atoms with van der Waals surface area (Å²) in [6, 6.07) is 12.8. The molecule has 0 saturated heterocycles. The number of anilines is 1. The summed E-state index contributed by atoms with van der Waals surface area (Å²) in [5.41, 5.74) is 3.13. The highest BCUT2D eigenvalue weighted by molar-refractivity contribution is 6.04. The fraction of sp³-hybridized carbons (Fsp3) is 0.333. The third-order valence-corrected chi connectivity index (χ3v) is 4.61. The van der Waals surface area contributed by atoms with Crippen LogP contribution in [-0.2, 0) is 11.3 Å². The molecule has 8 nitrogen and oxygen atoms in total. The van der Waals surface area contributed by atoms with Crippen LogP contribution < -0.4 is 5.32 Å². The van der Waals surface area contributed by atoms with Gasteiger partial charge in [0.15, 0.2) is 5.82 Å². The molecule has 0 aliphatic heterocycles. The van der Waals surface area contributed by atoms with Crippen molar-refractivity contribution in [1.82, 2.24) is 19.7 Å². The van der Waals surface area contributed by atoms with Gasteiger partial charge in [-0.1, -0.05) is 18.2 Å². The first-order valence-corrected chi connectivity index (χ1v) is 10.4. The van der Waals surface area contributed by atoms with Gasteiger partial charge in [0, 0.05) is 24.6 Å². The Morgan fingerprint density at radius 3 is 2.44 bits per heavy atom. The lowest BCUT2D eigenvalue weighted by molar-refractivity contribution is 0.0285. The lowest BCUT2D eigenvalue weighted by Crippen LogP contribution is -2.34. The van der Waals surface area contributed by atoms with Gasteiger partial charge in [0.1, 0.15) is 5.60 Å². The van der Waals surface area contributed by atoms with Crippen LogP contribution in [0.5, 0.6) is 0 Å². The Morgan fingerprint density at radius 2 is 1.84 bits per heavy atom. The van der Waals surface area contributed by atoms with E-state index in [2.05, 4.69) is 15.4 Å².